The zero-order chi connectivity index (χ0) is 20.5. The fourth-order valence-electron chi connectivity index (χ4n) is 8.05. The Kier molecular flexibility index (Phi) is 4.61. The van der Waals surface area contributed by atoms with Gasteiger partial charge in [0.1, 0.15) is 11.7 Å². The van der Waals surface area contributed by atoms with Gasteiger partial charge in [0, 0.05) is 18.8 Å². The molecule has 8 atom stereocenters. The first-order valence-corrected chi connectivity index (χ1v) is 11.1. The predicted octanol–water partition coefficient (Wildman–Crippen LogP) is 4.45. The molecule has 0 aromatic heterocycles. The van der Waals surface area contributed by atoms with Crippen LogP contribution in [0.15, 0.2) is 11.6 Å². The molecule has 0 aromatic carbocycles. The van der Waals surface area contributed by atoms with Crippen molar-refractivity contribution < 1.29 is 19.4 Å². The van der Waals surface area contributed by atoms with E-state index in [4.69, 9.17) is 4.74 Å². The zero-order valence-corrected chi connectivity index (χ0v) is 18.1. The van der Waals surface area contributed by atoms with E-state index in [-0.39, 0.29) is 34.6 Å². The number of hydrogen-bond donors (Lipinski definition) is 1. The summed E-state index contributed by atoms with van der Waals surface area (Å²) in [7, 11) is 0. The first-order valence-electron chi connectivity index (χ1n) is 11.1. The van der Waals surface area contributed by atoms with Crippen LogP contribution in [0.25, 0.3) is 0 Å². The van der Waals surface area contributed by atoms with Crippen LogP contribution in [0.1, 0.15) is 79.6 Å². The molecule has 156 valence electrons. The molecular formula is C24H36O4. The summed E-state index contributed by atoms with van der Waals surface area (Å²) in [6, 6.07) is 0. The quantitative estimate of drug-likeness (QED) is 0.561. The van der Waals surface area contributed by atoms with Gasteiger partial charge in [-0.25, -0.2) is 0 Å². The van der Waals surface area contributed by atoms with Gasteiger partial charge in [-0.3, -0.25) is 9.59 Å². The Bertz CT molecular complexity index is 726. The van der Waals surface area contributed by atoms with Crippen LogP contribution in [-0.4, -0.2) is 28.6 Å². The third-order valence-corrected chi connectivity index (χ3v) is 9.51. The van der Waals surface area contributed by atoms with E-state index in [0.717, 1.165) is 44.9 Å². The minimum Gasteiger partial charge on any atom is -0.462 e. The molecule has 0 amide bonds. The van der Waals surface area contributed by atoms with Crippen LogP contribution in [0.3, 0.4) is 0 Å². The molecule has 1 N–H and O–H groups in total. The summed E-state index contributed by atoms with van der Waals surface area (Å²) in [5, 5.41) is 11.5. The summed E-state index contributed by atoms with van der Waals surface area (Å²) in [4.78, 5) is 23.9. The molecule has 4 aliphatic rings. The lowest BCUT2D eigenvalue weighted by Crippen LogP contribution is -2.58. The summed E-state index contributed by atoms with van der Waals surface area (Å²) in [5.41, 5.74) is 0.153. The highest BCUT2D eigenvalue weighted by Crippen LogP contribution is 2.68. The fraction of sp³-hybridized carbons (Fsp3) is 0.833. The number of hydrogen-bond acceptors (Lipinski definition) is 4. The maximum atomic E-state index is 12.5. The average molecular weight is 389 g/mol. The normalized spacial score (nSPS) is 50.1. The molecule has 3 saturated carbocycles. The number of rotatable bonds is 2. The summed E-state index contributed by atoms with van der Waals surface area (Å²) in [5.74, 6) is 1.33. The van der Waals surface area contributed by atoms with Crippen LogP contribution in [-0.2, 0) is 14.3 Å². The number of fused-ring (bicyclic) bond motifs is 5. The molecule has 3 fully saturated rings. The van der Waals surface area contributed by atoms with Crippen molar-refractivity contribution in [1.82, 2.24) is 0 Å². The van der Waals surface area contributed by atoms with E-state index < -0.39 is 5.60 Å². The monoisotopic (exact) mass is 388 g/mol. The molecule has 0 radical (unpaired) electrons. The van der Waals surface area contributed by atoms with Gasteiger partial charge in [0.05, 0.1) is 0 Å². The number of ether oxygens (including phenoxy) is 1. The largest absolute Gasteiger partial charge is 0.462 e. The van der Waals surface area contributed by atoms with Gasteiger partial charge in [0.15, 0.2) is 5.78 Å². The Hall–Kier alpha value is -1.16. The van der Waals surface area contributed by atoms with E-state index in [9.17, 15) is 14.7 Å². The maximum Gasteiger partial charge on any atom is 0.302 e. The van der Waals surface area contributed by atoms with Crippen molar-refractivity contribution in [2.45, 2.75) is 91.3 Å². The van der Waals surface area contributed by atoms with Crippen molar-refractivity contribution in [2.24, 2.45) is 34.5 Å². The fourth-order valence-corrected chi connectivity index (χ4v) is 8.05. The van der Waals surface area contributed by atoms with E-state index in [1.54, 1.807) is 6.92 Å². The number of carbonyl (C=O) groups is 2. The second-order valence-electron chi connectivity index (χ2n) is 10.6. The molecule has 0 aliphatic heterocycles. The zero-order valence-electron chi connectivity index (χ0n) is 18.1. The third kappa shape index (κ3) is 2.52. The summed E-state index contributed by atoms with van der Waals surface area (Å²) >= 11 is 0. The van der Waals surface area contributed by atoms with Gasteiger partial charge in [-0.2, -0.15) is 0 Å². The molecule has 0 aromatic rings. The highest BCUT2D eigenvalue weighted by Gasteiger charge is 2.67. The van der Waals surface area contributed by atoms with E-state index >= 15 is 0 Å². The van der Waals surface area contributed by atoms with Gasteiger partial charge in [0.25, 0.3) is 0 Å². The highest BCUT2D eigenvalue weighted by atomic mass is 16.5. The number of ketones is 1. The Balaban J connectivity index is 1.64. The van der Waals surface area contributed by atoms with Crippen LogP contribution >= 0.6 is 0 Å². The third-order valence-electron chi connectivity index (χ3n) is 9.51. The summed E-state index contributed by atoms with van der Waals surface area (Å²) in [6.45, 7) is 9.73. The molecule has 0 heterocycles. The smallest absolute Gasteiger partial charge is 0.302 e. The van der Waals surface area contributed by atoms with Crippen molar-refractivity contribution in [1.29, 1.82) is 0 Å². The average Bonchev–Trinajstić information content (AvgIpc) is 2.83. The van der Waals surface area contributed by atoms with Crippen LogP contribution < -0.4 is 0 Å². The van der Waals surface area contributed by atoms with Crippen LogP contribution in [0.5, 0.6) is 0 Å². The topological polar surface area (TPSA) is 63.6 Å². The van der Waals surface area contributed by atoms with Crippen molar-refractivity contribution in [2.75, 3.05) is 0 Å². The van der Waals surface area contributed by atoms with E-state index in [1.165, 1.54) is 12.5 Å². The van der Waals surface area contributed by atoms with Gasteiger partial charge in [-0.1, -0.05) is 32.4 Å². The molecule has 4 heteroatoms. The SMILES string of the molecule is CC(=O)O[C@H]1CC[C@]2(C)C(=CC[C@H]3[C@@H]2CC[C@]2(C)[C@H]3C[C@H](C)[C@@]2(O)C(C)=O)C1. The van der Waals surface area contributed by atoms with Crippen molar-refractivity contribution in [3.63, 3.8) is 0 Å². The van der Waals surface area contributed by atoms with Gasteiger partial charge >= 0.3 is 5.97 Å². The Morgan fingerprint density at radius 3 is 2.50 bits per heavy atom. The first-order chi connectivity index (χ1) is 13.0. The molecule has 0 bridgehead atoms. The molecule has 0 saturated heterocycles. The second-order valence-corrected chi connectivity index (χ2v) is 10.6. The van der Waals surface area contributed by atoms with Crippen LogP contribution in [0, 0.1) is 34.5 Å². The van der Waals surface area contributed by atoms with Crippen molar-refractivity contribution in [3.8, 4) is 0 Å². The first kappa shape index (κ1) is 20.1. The number of aliphatic hydroxyl groups is 1. The van der Waals surface area contributed by atoms with Crippen LogP contribution in [0.2, 0.25) is 0 Å². The number of allylic oxidation sites excluding steroid dienone is 1. The summed E-state index contributed by atoms with van der Waals surface area (Å²) < 4.78 is 5.52. The molecule has 28 heavy (non-hydrogen) atoms. The van der Waals surface area contributed by atoms with Crippen molar-refractivity contribution in [3.05, 3.63) is 11.6 Å². The van der Waals surface area contributed by atoms with E-state index in [2.05, 4.69) is 26.8 Å². The second kappa shape index (κ2) is 6.42. The molecule has 0 spiro atoms. The van der Waals surface area contributed by atoms with Gasteiger partial charge in [0.2, 0.25) is 0 Å². The van der Waals surface area contributed by atoms with Crippen LogP contribution in [0.4, 0.5) is 0 Å². The highest BCUT2D eigenvalue weighted by molar-refractivity contribution is 5.86. The van der Waals surface area contributed by atoms with E-state index in [0.29, 0.717) is 17.8 Å². The minimum absolute atomic E-state index is 0.0246. The minimum atomic E-state index is -1.18. The maximum absolute atomic E-state index is 12.5. The predicted molar refractivity (Wildman–Crippen MR) is 107 cm³/mol. The lowest BCUT2D eigenvalue weighted by atomic mass is 9.46. The standard InChI is InChI=1S/C24H36O4/c1-14-12-21-19-7-6-17-13-18(28-16(3)26)8-10-22(17,4)20(19)9-11-23(21,5)24(14,27)15(2)25/h6,14,18-21,27H,7-13H2,1-5H3/t14-,18-,19-,20-,21-,22+,23+,24+/m0/s1. The lowest BCUT2D eigenvalue weighted by molar-refractivity contribution is -0.165. The number of carbonyl (C=O) groups excluding carboxylic acids is 2. The molecule has 4 aliphatic carbocycles. The summed E-state index contributed by atoms with van der Waals surface area (Å²) in [6.07, 6.45) is 9.29. The van der Waals surface area contributed by atoms with Gasteiger partial charge in [-0.15, -0.1) is 0 Å². The lowest BCUT2D eigenvalue weighted by Gasteiger charge is -2.58. The number of Topliss-reactive ketones (excluding diaryl/α,β-unsaturated/α-hetero) is 1. The van der Waals surface area contributed by atoms with E-state index in [1.807, 2.05) is 0 Å². The Labute approximate surface area is 169 Å². The van der Waals surface area contributed by atoms with Gasteiger partial charge in [-0.05, 0) is 74.5 Å². The molecule has 4 nitrogen and oxygen atoms in total. The Morgan fingerprint density at radius 1 is 1.14 bits per heavy atom. The Morgan fingerprint density at radius 2 is 1.86 bits per heavy atom. The molecule has 4 rings (SSSR count). The molecule has 0 unspecified atom stereocenters. The number of esters is 1. The molecular weight excluding hydrogens is 352 g/mol. The van der Waals surface area contributed by atoms with Crippen molar-refractivity contribution >= 4 is 11.8 Å². The van der Waals surface area contributed by atoms with Gasteiger partial charge < -0.3 is 9.84 Å².